The largest absolute Gasteiger partial charge is 0.435 e. The van der Waals surface area contributed by atoms with E-state index in [1.165, 1.54) is 44.2 Å². The predicted molar refractivity (Wildman–Crippen MR) is 226 cm³/mol. The first-order valence-electron chi connectivity index (χ1n) is 18.6. The van der Waals surface area contributed by atoms with E-state index in [-0.39, 0.29) is 0 Å². The Morgan fingerprint density at radius 2 is 1.07 bits per heavy atom. The fourth-order valence-electron chi connectivity index (χ4n) is 7.68. The summed E-state index contributed by atoms with van der Waals surface area (Å²) in [5.74, 6) is 0.644. The Balaban J connectivity index is 1.01. The van der Waals surface area contributed by atoms with Crippen LogP contribution in [0.2, 0.25) is 0 Å². The Morgan fingerprint density at radius 3 is 1.87 bits per heavy atom. The third-order valence-corrected chi connectivity index (χ3v) is 10.5. The first-order chi connectivity index (χ1) is 26.7. The molecule has 0 aliphatic heterocycles. The van der Waals surface area contributed by atoms with Crippen LogP contribution in [0.5, 0.6) is 0 Å². The van der Waals surface area contributed by atoms with Crippen molar-refractivity contribution in [2.75, 3.05) is 4.90 Å². The van der Waals surface area contributed by atoms with Crippen LogP contribution in [0.15, 0.2) is 199 Å². The van der Waals surface area contributed by atoms with Crippen molar-refractivity contribution in [3.05, 3.63) is 200 Å². The van der Waals surface area contributed by atoms with Gasteiger partial charge in [0.1, 0.15) is 5.52 Å². The molecule has 0 saturated heterocycles. The molecule has 3 heteroatoms. The van der Waals surface area contributed by atoms with Crippen molar-refractivity contribution in [1.29, 1.82) is 0 Å². The first-order valence-corrected chi connectivity index (χ1v) is 18.6. The molecule has 1 aliphatic rings. The molecule has 10 rings (SSSR count). The molecule has 1 aromatic heterocycles. The lowest BCUT2D eigenvalue weighted by atomic mass is 9.97. The van der Waals surface area contributed by atoms with Crippen LogP contribution in [-0.4, -0.2) is 4.98 Å². The minimum absolute atomic E-state index is 0.644. The van der Waals surface area contributed by atoms with Gasteiger partial charge in [0.25, 0.3) is 0 Å². The maximum Gasteiger partial charge on any atom is 0.227 e. The van der Waals surface area contributed by atoms with E-state index in [9.17, 15) is 0 Å². The van der Waals surface area contributed by atoms with E-state index < -0.39 is 0 Å². The van der Waals surface area contributed by atoms with E-state index in [4.69, 9.17) is 9.40 Å². The van der Waals surface area contributed by atoms with Gasteiger partial charge in [-0.25, -0.2) is 4.98 Å². The summed E-state index contributed by atoms with van der Waals surface area (Å²) in [4.78, 5) is 7.14. The molecule has 1 heterocycles. The number of fused-ring (bicyclic) bond motifs is 4. The molecule has 256 valence electrons. The number of nitrogens with zero attached hydrogens (tertiary/aromatic N) is 2. The van der Waals surface area contributed by atoms with Crippen LogP contribution in [0.3, 0.4) is 0 Å². The van der Waals surface area contributed by atoms with E-state index in [1.54, 1.807) is 0 Å². The molecular weight excluding hydrogens is 657 g/mol. The number of oxazole rings is 1. The van der Waals surface area contributed by atoms with Crippen molar-refractivity contribution in [3.63, 3.8) is 0 Å². The molecule has 0 bridgehead atoms. The average molecular weight is 693 g/mol. The molecule has 0 spiro atoms. The molecular formula is C51H36N2O. The summed E-state index contributed by atoms with van der Waals surface area (Å²) < 4.78 is 6.31. The second-order valence-electron chi connectivity index (χ2n) is 13.9. The number of rotatable bonds is 7. The zero-order valence-electron chi connectivity index (χ0n) is 29.7. The molecule has 8 aromatic carbocycles. The summed E-state index contributed by atoms with van der Waals surface area (Å²) in [5.41, 5.74) is 13.3. The van der Waals surface area contributed by atoms with Crippen LogP contribution in [0.1, 0.15) is 18.4 Å². The Morgan fingerprint density at radius 1 is 0.444 bits per heavy atom. The van der Waals surface area contributed by atoms with Crippen molar-refractivity contribution >= 4 is 55.3 Å². The molecule has 54 heavy (non-hydrogen) atoms. The van der Waals surface area contributed by atoms with Crippen LogP contribution < -0.4 is 4.90 Å². The maximum atomic E-state index is 6.31. The number of hydrogen-bond acceptors (Lipinski definition) is 3. The highest BCUT2D eigenvalue weighted by molar-refractivity contribution is 6.05. The Hall–Kier alpha value is -6.97. The molecule has 0 amide bonds. The minimum atomic E-state index is 0.644. The Kier molecular flexibility index (Phi) is 7.96. The summed E-state index contributed by atoms with van der Waals surface area (Å²) in [6.45, 7) is 0. The van der Waals surface area contributed by atoms with Crippen LogP contribution >= 0.6 is 0 Å². The van der Waals surface area contributed by atoms with E-state index in [1.807, 2.05) is 30.3 Å². The van der Waals surface area contributed by atoms with Gasteiger partial charge in [0.05, 0.1) is 0 Å². The van der Waals surface area contributed by atoms with Gasteiger partial charge >= 0.3 is 0 Å². The topological polar surface area (TPSA) is 29.3 Å². The summed E-state index contributed by atoms with van der Waals surface area (Å²) in [6.07, 6.45) is 9.05. The van der Waals surface area contributed by atoms with Crippen LogP contribution in [-0.2, 0) is 0 Å². The van der Waals surface area contributed by atoms with E-state index in [0.717, 1.165) is 57.3 Å². The highest BCUT2D eigenvalue weighted by atomic mass is 16.3. The van der Waals surface area contributed by atoms with Crippen LogP contribution in [0, 0.1) is 0 Å². The number of hydrogen-bond donors (Lipinski definition) is 0. The molecule has 0 fully saturated rings. The zero-order chi connectivity index (χ0) is 35.8. The van der Waals surface area contributed by atoms with E-state index in [0.29, 0.717) is 5.89 Å². The van der Waals surface area contributed by atoms with Crippen molar-refractivity contribution < 1.29 is 4.42 Å². The number of anilines is 3. The smallest absolute Gasteiger partial charge is 0.227 e. The van der Waals surface area contributed by atoms with Crippen molar-refractivity contribution in [2.45, 2.75) is 12.8 Å². The maximum absolute atomic E-state index is 6.31. The van der Waals surface area contributed by atoms with Gasteiger partial charge in [-0.2, -0.15) is 0 Å². The van der Waals surface area contributed by atoms with E-state index in [2.05, 4.69) is 169 Å². The fraction of sp³-hybridized carbons (Fsp3) is 0.0392. The summed E-state index contributed by atoms with van der Waals surface area (Å²) in [7, 11) is 0. The quantitative estimate of drug-likeness (QED) is 0.166. The normalized spacial score (nSPS) is 12.7. The van der Waals surface area contributed by atoms with Gasteiger partial charge in [0.15, 0.2) is 5.58 Å². The summed E-state index contributed by atoms with van der Waals surface area (Å²) in [5, 5.41) is 4.57. The lowest BCUT2D eigenvalue weighted by Crippen LogP contribution is -2.10. The van der Waals surface area contributed by atoms with E-state index >= 15 is 0 Å². The van der Waals surface area contributed by atoms with Gasteiger partial charge in [0, 0.05) is 28.0 Å². The number of aromatic nitrogens is 1. The van der Waals surface area contributed by atoms with Gasteiger partial charge < -0.3 is 9.32 Å². The molecule has 0 radical (unpaired) electrons. The molecule has 1 aliphatic carbocycles. The zero-order valence-corrected chi connectivity index (χ0v) is 29.7. The second-order valence-corrected chi connectivity index (χ2v) is 13.9. The van der Waals surface area contributed by atoms with Gasteiger partial charge in [-0.15, -0.1) is 0 Å². The number of benzene rings is 8. The highest BCUT2D eigenvalue weighted by Gasteiger charge is 2.16. The summed E-state index contributed by atoms with van der Waals surface area (Å²) in [6, 6.07) is 62.8. The SMILES string of the molecule is C1=CC(c2cccc(N(c3ccc(-c4ccccc4)cc3)c3ccc4cc(-c5ccc6c(ccc7nc(-c8ccccc8)oc76)c5)ccc4c3)c2)=CCC1. The van der Waals surface area contributed by atoms with Crippen molar-refractivity contribution in [2.24, 2.45) is 0 Å². The first kappa shape index (κ1) is 31.7. The van der Waals surface area contributed by atoms with Crippen molar-refractivity contribution in [3.8, 4) is 33.7 Å². The molecule has 0 unspecified atom stereocenters. The monoisotopic (exact) mass is 692 g/mol. The summed E-state index contributed by atoms with van der Waals surface area (Å²) >= 11 is 0. The second kappa shape index (κ2) is 13.5. The van der Waals surface area contributed by atoms with Gasteiger partial charge in [-0.1, -0.05) is 121 Å². The third-order valence-electron chi connectivity index (χ3n) is 10.5. The predicted octanol–water partition coefficient (Wildman–Crippen LogP) is 14.3. The molecule has 0 N–H and O–H groups in total. The van der Waals surface area contributed by atoms with Crippen molar-refractivity contribution in [1.82, 2.24) is 4.98 Å². The van der Waals surface area contributed by atoms with Gasteiger partial charge in [0.2, 0.25) is 5.89 Å². The van der Waals surface area contributed by atoms with Crippen LogP contribution in [0.4, 0.5) is 17.1 Å². The Labute approximate surface area is 314 Å². The molecule has 0 saturated carbocycles. The van der Waals surface area contributed by atoms with Crippen LogP contribution in [0.25, 0.3) is 71.9 Å². The fourth-order valence-corrected chi connectivity index (χ4v) is 7.68. The lowest BCUT2D eigenvalue weighted by Gasteiger charge is -2.27. The average Bonchev–Trinajstić information content (AvgIpc) is 3.70. The number of allylic oxidation sites excluding steroid dienone is 4. The molecule has 3 nitrogen and oxygen atoms in total. The van der Waals surface area contributed by atoms with Gasteiger partial charge in [-0.05, 0) is 135 Å². The Bertz CT molecular complexity index is 2870. The molecule has 9 aromatic rings. The standard InChI is InChI=1S/C51H36N2O/c1-4-11-35(12-5-1)37-21-26-45(27-22-37)53(46-18-10-17-39(33-46)36-13-6-2-7-14-36)47-28-23-41-31-40(19-20-43(41)34-47)42-24-29-48-44(32-42)25-30-49-50(48)54-51(52-49)38-15-8-3-9-16-38/h1,3-6,8-34H,2,7H2. The highest BCUT2D eigenvalue weighted by Crippen LogP contribution is 2.40. The van der Waals surface area contributed by atoms with Gasteiger partial charge in [-0.3, -0.25) is 0 Å². The minimum Gasteiger partial charge on any atom is -0.435 e. The third kappa shape index (κ3) is 5.96. The molecule has 0 atom stereocenters. The lowest BCUT2D eigenvalue weighted by molar-refractivity contribution is 0.623.